The molecule has 1 fully saturated rings. The molecule has 1 saturated heterocycles. The molecule has 3 rings (SSSR count). The topological polar surface area (TPSA) is 73.2 Å². The van der Waals surface area contributed by atoms with E-state index in [-0.39, 0.29) is 22.8 Å². The molecule has 27 heavy (non-hydrogen) atoms. The van der Waals surface area contributed by atoms with Crippen LogP contribution in [0.2, 0.25) is 5.02 Å². The number of carbonyl (C=O) groups is 1. The van der Waals surface area contributed by atoms with Gasteiger partial charge < -0.3 is 10.1 Å². The van der Waals surface area contributed by atoms with Crippen LogP contribution in [0.3, 0.4) is 0 Å². The fourth-order valence-electron chi connectivity index (χ4n) is 3.06. The number of hydrogen-bond acceptors (Lipinski definition) is 5. The molecule has 2 heterocycles. The third-order valence-electron chi connectivity index (χ3n) is 4.51. The number of hydrogen-bond donors (Lipinski definition) is 1. The van der Waals surface area contributed by atoms with Gasteiger partial charge in [-0.25, -0.2) is 4.98 Å². The Morgan fingerprint density at radius 1 is 1.52 bits per heavy atom. The first-order chi connectivity index (χ1) is 13.0. The number of carbonyl (C=O) groups excluding carboxylic acids is 1. The Morgan fingerprint density at radius 2 is 2.33 bits per heavy atom. The van der Waals surface area contributed by atoms with E-state index >= 15 is 0 Å². The van der Waals surface area contributed by atoms with Gasteiger partial charge in [-0.1, -0.05) is 30.3 Å². The summed E-state index contributed by atoms with van der Waals surface area (Å²) in [6.07, 6.45) is 2.92. The van der Waals surface area contributed by atoms with Crippen molar-refractivity contribution in [1.29, 1.82) is 0 Å². The summed E-state index contributed by atoms with van der Waals surface area (Å²) in [4.78, 5) is 29.9. The molecule has 1 N–H and O–H groups in total. The third kappa shape index (κ3) is 4.83. The van der Waals surface area contributed by atoms with Gasteiger partial charge in [0.05, 0.1) is 22.3 Å². The van der Waals surface area contributed by atoms with E-state index in [9.17, 15) is 9.59 Å². The Kier molecular flexibility index (Phi) is 6.78. The second-order valence-electron chi connectivity index (χ2n) is 6.65. The molecule has 2 aromatic rings. The van der Waals surface area contributed by atoms with E-state index in [2.05, 4.69) is 10.3 Å². The number of amides is 1. The highest BCUT2D eigenvalue weighted by molar-refractivity contribution is 8.00. The molecule has 0 radical (unpaired) electrons. The number of fused-ring (bicyclic) bond motifs is 1. The van der Waals surface area contributed by atoms with Crippen LogP contribution >= 0.6 is 23.4 Å². The minimum absolute atomic E-state index is 0.0843. The normalized spacial score (nSPS) is 18.0. The summed E-state index contributed by atoms with van der Waals surface area (Å²) in [5.41, 5.74) is 0.447. The lowest BCUT2D eigenvalue weighted by molar-refractivity contribution is -0.120. The molecule has 1 aliphatic rings. The average molecular weight is 410 g/mol. The molecular formula is C19H24ClN3O3S. The van der Waals surface area contributed by atoms with Gasteiger partial charge in [-0.2, -0.15) is 0 Å². The van der Waals surface area contributed by atoms with Gasteiger partial charge in [-0.05, 0) is 44.4 Å². The number of aromatic nitrogens is 2. The zero-order chi connectivity index (χ0) is 19.4. The summed E-state index contributed by atoms with van der Waals surface area (Å²) >= 11 is 7.34. The number of thioether (sulfide) groups is 1. The highest BCUT2D eigenvalue weighted by atomic mass is 35.5. The molecule has 6 nitrogen and oxygen atoms in total. The van der Waals surface area contributed by atoms with E-state index in [1.807, 2.05) is 13.8 Å². The Hall–Kier alpha value is -1.57. The molecule has 0 unspecified atom stereocenters. The van der Waals surface area contributed by atoms with Crippen molar-refractivity contribution in [2.24, 2.45) is 0 Å². The summed E-state index contributed by atoms with van der Waals surface area (Å²) in [6.45, 7) is 5.66. The highest BCUT2D eigenvalue weighted by Gasteiger charge is 2.21. The van der Waals surface area contributed by atoms with Gasteiger partial charge in [-0.15, -0.1) is 0 Å². The van der Waals surface area contributed by atoms with E-state index in [0.717, 1.165) is 25.9 Å². The Bertz CT molecular complexity index is 880. The zero-order valence-electron chi connectivity index (χ0n) is 15.5. The second kappa shape index (κ2) is 9.08. The minimum atomic E-state index is -0.377. The van der Waals surface area contributed by atoms with Gasteiger partial charge in [-0.3, -0.25) is 14.2 Å². The summed E-state index contributed by atoms with van der Waals surface area (Å²) in [7, 11) is 0. The van der Waals surface area contributed by atoms with E-state index in [0.29, 0.717) is 34.2 Å². The maximum atomic E-state index is 12.9. The molecule has 0 spiro atoms. The number of nitrogens with one attached hydrogen (secondary N) is 1. The average Bonchev–Trinajstić information content (AvgIpc) is 3.16. The molecule has 1 amide bonds. The van der Waals surface area contributed by atoms with Gasteiger partial charge in [0.1, 0.15) is 0 Å². The first-order valence-corrected chi connectivity index (χ1v) is 10.5. The van der Waals surface area contributed by atoms with Crippen LogP contribution in [-0.2, 0) is 16.1 Å². The molecule has 2 atom stereocenters. The number of nitrogens with zero attached hydrogens (tertiary/aromatic N) is 2. The molecule has 1 aromatic carbocycles. The van der Waals surface area contributed by atoms with E-state index in [1.165, 1.54) is 11.8 Å². The van der Waals surface area contributed by atoms with E-state index in [1.54, 1.807) is 22.8 Å². The fraction of sp³-hybridized carbons (Fsp3) is 0.526. The largest absolute Gasteiger partial charge is 0.376 e. The van der Waals surface area contributed by atoms with Crippen molar-refractivity contribution in [1.82, 2.24) is 14.9 Å². The zero-order valence-corrected chi connectivity index (χ0v) is 17.1. The van der Waals surface area contributed by atoms with Crippen molar-refractivity contribution in [3.05, 3.63) is 33.6 Å². The van der Waals surface area contributed by atoms with Crippen LogP contribution in [0.4, 0.5) is 0 Å². The van der Waals surface area contributed by atoms with Gasteiger partial charge >= 0.3 is 0 Å². The molecule has 1 aromatic heterocycles. The van der Waals surface area contributed by atoms with Crippen molar-refractivity contribution in [3.63, 3.8) is 0 Å². The number of ether oxygens (including phenoxy) is 1. The lowest BCUT2D eigenvalue weighted by atomic mass is 10.2. The molecule has 0 bridgehead atoms. The lowest BCUT2D eigenvalue weighted by Crippen LogP contribution is -2.37. The van der Waals surface area contributed by atoms with Crippen LogP contribution in [0.25, 0.3) is 10.9 Å². The lowest BCUT2D eigenvalue weighted by Gasteiger charge is -2.17. The predicted octanol–water partition coefficient (Wildman–Crippen LogP) is 3.24. The minimum Gasteiger partial charge on any atom is -0.376 e. The summed E-state index contributed by atoms with van der Waals surface area (Å²) < 4.78 is 7.18. The van der Waals surface area contributed by atoms with E-state index in [4.69, 9.17) is 16.3 Å². The smallest absolute Gasteiger partial charge is 0.262 e. The van der Waals surface area contributed by atoms with Gasteiger partial charge in [0.25, 0.3) is 5.56 Å². The Balaban J connectivity index is 1.80. The molecule has 0 saturated carbocycles. The summed E-state index contributed by atoms with van der Waals surface area (Å²) in [5, 5.41) is 4.16. The predicted molar refractivity (Wildman–Crippen MR) is 109 cm³/mol. The molecule has 8 heteroatoms. The SMILES string of the molecule is CCCn1c(S[C@@H](C)C(=O)NC[C@H]2CCCO2)nc2cc(Cl)ccc2c1=O. The number of rotatable bonds is 7. The quantitative estimate of drug-likeness (QED) is 0.561. The highest BCUT2D eigenvalue weighted by Crippen LogP contribution is 2.24. The standard InChI is InChI=1S/C19H24ClN3O3S/c1-3-8-23-18(25)15-7-6-13(20)10-16(15)22-19(23)27-12(2)17(24)21-11-14-5-4-9-26-14/h6-7,10,12,14H,3-5,8-9,11H2,1-2H3,(H,21,24)/t12-,14+/m0/s1. The van der Waals surface area contributed by atoms with Crippen molar-refractivity contribution >= 4 is 40.2 Å². The van der Waals surface area contributed by atoms with Gasteiger partial charge in [0.15, 0.2) is 5.16 Å². The molecule has 1 aliphatic heterocycles. The maximum Gasteiger partial charge on any atom is 0.262 e. The van der Waals surface area contributed by atoms with Crippen molar-refractivity contribution in [2.45, 2.75) is 56.2 Å². The Morgan fingerprint density at radius 3 is 3.04 bits per heavy atom. The van der Waals surface area contributed by atoms with Crippen molar-refractivity contribution < 1.29 is 9.53 Å². The summed E-state index contributed by atoms with van der Waals surface area (Å²) in [5.74, 6) is -0.0843. The van der Waals surface area contributed by atoms with Crippen LogP contribution in [0, 0.1) is 0 Å². The Labute approximate surface area is 167 Å². The number of halogens is 1. The third-order valence-corrected chi connectivity index (χ3v) is 5.83. The monoisotopic (exact) mass is 409 g/mol. The maximum absolute atomic E-state index is 12.9. The summed E-state index contributed by atoms with van der Waals surface area (Å²) in [6, 6.07) is 5.07. The molecular weight excluding hydrogens is 386 g/mol. The van der Waals surface area contributed by atoms with Crippen LogP contribution in [0.5, 0.6) is 0 Å². The molecule has 146 valence electrons. The first kappa shape index (κ1) is 20.2. The number of benzene rings is 1. The van der Waals surface area contributed by atoms with Crippen molar-refractivity contribution in [3.8, 4) is 0 Å². The van der Waals surface area contributed by atoms with Crippen LogP contribution in [-0.4, -0.2) is 40.0 Å². The van der Waals surface area contributed by atoms with Gasteiger partial charge in [0, 0.05) is 24.7 Å². The van der Waals surface area contributed by atoms with E-state index < -0.39 is 0 Å². The van der Waals surface area contributed by atoms with Crippen LogP contribution in [0.15, 0.2) is 28.2 Å². The first-order valence-electron chi connectivity index (χ1n) is 9.25. The van der Waals surface area contributed by atoms with Crippen LogP contribution in [0.1, 0.15) is 33.1 Å². The molecule has 0 aliphatic carbocycles. The van der Waals surface area contributed by atoms with Crippen molar-refractivity contribution in [2.75, 3.05) is 13.2 Å². The van der Waals surface area contributed by atoms with Crippen LogP contribution < -0.4 is 10.9 Å². The van der Waals surface area contributed by atoms with Gasteiger partial charge in [0.2, 0.25) is 5.91 Å². The fourth-order valence-corrected chi connectivity index (χ4v) is 4.19. The second-order valence-corrected chi connectivity index (χ2v) is 8.40.